The van der Waals surface area contributed by atoms with Crippen LogP contribution in [-0.2, 0) is 0 Å². The zero-order chi connectivity index (χ0) is 12.8. The molecule has 88 valence electrons. The lowest BCUT2D eigenvalue weighted by atomic mass is 10.2. The quantitative estimate of drug-likeness (QED) is 0.656. The molecular formula is C13H9N3O2. The number of amides is 1. The Morgan fingerprint density at radius 2 is 2.11 bits per heavy atom. The molecule has 5 nitrogen and oxygen atoms in total. The van der Waals surface area contributed by atoms with Crippen molar-refractivity contribution in [1.82, 2.24) is 5.43 Å². The van der Waals surface area contributed by atoms with E-state index in [0.29, 0.717) is 5.56 Å². The molecule has 0 unspecified atom stereocenters. The fraction of sp³-hybridized carbons (Fsp3) is 0. The standard InChI is InChI=1S/C13H9N3O2/c14-8-10-3-5-11(6-4-10)9-15-16-13(17)12-2-1-7-18-12/h1-7,9H,(H,16,17). The number of rotatable bonds is 3. The molecule has 1 aromatic heterocycles. The molecule has 0 radical (unpaired) electrons. The van der Waals surface area contributed by atoms with Crippen molar-refractivity contribution in [2.45, 2.75) is 0 Å². The fourth-order valence-electron chi connectivity index (χ4n) is 1.27. The van der Waals surface area contributed by atoms with Crippen molar-refractivity contribution in [2.75, 3.05) is 0 Å². The summed E-state index contributed by atoms with van der Waals surface area (Å²) in [5.41, 5.74) is 3.70. The van der Waals surface area contributed by atoms with E-state index in [1.54, 1.807) is 36.4 Å². The summed E-state index contributed by atoms with van der Waals surface area (Å²) in [6.07, 6.45) is 2.90. The first-order valence-corrected chi connectivity index (χ1v) is 5.16. The van der Waals surface area contributed by atoms with Crippen LogP contribution in [0.15, 0.2) is 52.2 Å². The number of hydrogen-bond acceptors (Lipinski definition) is 4. The molecule has 0 saturated heterocycles. The number of nitrogens with zero attached hydrogens (tertiary/aromatic N) is 2. The van der Waals surface area contributed by atoms with E-state index in [1.165, 1.54) is 12.5 Å². The molecule has 0 saturated carbocycles. The first kappa shape index (κ1) is 11.6. The van der Waals surface area contributed by atoms with Crippen molar-refractivity contribution in [3.63, 3.8) is 0 Å². The normalized spacial score (nSPS) is 10.2. The SMILES string of the molecule is N#Cc1ccc(C=NNC(=O)c2ccco2)cc1. The van der Waals surface area contributed by atoms with Crippen LogP contribution in [0.3, 0.4) is 0 Å². The highest BCUT2D eigenvalue weighted by molar-refractivity contribution is 5.92. The van der Waals surface area contributed by atoms with E-state index in [0.717, 1.165) is 5.56 Å². The minimum Gasteiger partial charge on any atom is -0.459 e. The summed E-state index contributed by atoms with van der Waals surface area (Å²) in [6.45, 7) is 0. The van der Waals surface area contributed by atoms with Crippen LogP contribution < -0.4 is 5.43 Å². The summed E-state index contributed by atoms with van der Waals surface area (Å²) < 4.78 is 4.91. The predicted octanol–water partition coefficient (Wildman–Crippen LogP) is 1.92. The van der Waals surface area contributed by atoms with Gasteiger partial charge in [0, 0.05) is 0 Å². The third-order valence-corrected chi connectivity index (χ3v) is 2.16. The van der Waals surface area contributed by atoms with Crippen molar-refractivity contribution in [3.8, 4) is 6.07 Å². The predicted molar refractivity (Wildman–Crippen MR) is 64.9 cm³/mol. The van der Waals surface area contributed by atoms with Crippen LogP contribution in [0.1, 0.15) is 21.7 Å². The summed E-state index contributed by atoms with van der Waals surface area (Å²) in [6, 6.07) is 12.0. The second-order valence-electron chi connectivity index (χ2n) is 3.41. The van der Waals surface area contributed by atoms with E-state index in [4.69, 9.17) is 9.68 Å². The molecular weight excluding hydrogens is 230 g/mol. The van der Waals surface area contributed by atoms with Crippen LogP contribution in [-0.4, -0.2) is 12.1 Å². The average molecular weight is 239 g/mol. The lowest BCUT2D eigenvalue weighted by Crippen LogP contribution is -2.16. The molecule has 0 atom stereocenters. The van der Waals surface area contributed by atoms with Gasteiger partial charge in [-0.25, -0.2) is 5.43 Å². The second kappa shape index (κ2) is 5.46. The fourth-order valence-corrected chi connectivity index (χ4v) is 1.27. The highest BCUT2D eigenvalue weighted by Gasteiger charge is 2.05. The molecule has 0 bridgehead atoms. The molecule has 2 rings (SSSR count). The number of carbonyl (C=O) groups is 1. The molecule has 1 N–H and O–H groups in total. The van der Waals surface area contributed by atoms with Crippen LogP contribution >= 0.6 is 0 Å². The summed E-state index contributed by atoms with van der Waals surface area (Å²) in [5, 5.41) is 12.4. The maximum absolute atomic E-state index is 11.4. The molecule has 1 amide bonds. The Hall–Kier alpha value is -2.87. The van der Waals surface area contributed by atoms with Gasteiger partial charge < -0.3 is 4.42 Å². The maximum Gasteiger partial charge on any atom is 0.307 e. The minimum atomic E-state index is -0.412. The lowest BCUT2D eigenvalue weighted by molar-refractivity contribution is 0.0927. The number of furan rings is 1. The highest BCUT2D eigenvalue weighted by atomic mass is 16.3. The third kappa shape index (κ3) is 2.83. The Kier molecular flexibility index (Phi) is 3.52. The van der Waals surface area contributed by atoms with E-state index in [1.807, 2.05) is 6.07 Å². The largest absolute Gasteiger partial charge is 0.459 e. The van der Waals surface area contributed by atoms with E-state index >= 15 is 0 Å². The van der Waals surface area contributed by atoms with E-state index in [2.05, 4.69) is 10.5 Å². The summed E-state index contributed by atoms with van der Waals surface area (Å²) in [5.74, 6) is -0.211. The molecule has 1 heterocycles. The van der Waals surface area contributed by atoms with E-state index in [9.17, 15) is 4.79 Å². The van der Waals surface area contributed by atoms with Crippen molar-refractivity contribution in [3.05, 3.63) is 59.5 Å². The number of benzene rings is 1. The van der Waals surface area contributed by atoms with Crippen molar-refractivity contribution < 1.29 is 9.21 Å². The Morgan fingerprint density at radius 3 is 2.72 bits per heavy atom. The number of nitriles is 1. The number of nitrogens with one attached hydrogen (secondary N) is 1. The molecule has 0 aliphatic heterocycles. The topological polar surface area (TPSA) is 78.4 Å². The third-order valence-electron chi connectivity index (χ3n) is 2.16. The summed E-state index contributed by atoms with van der Waals surface area (Å²) in [4.78, 5) is 11.4. The Labute approximate surface area is 103 Å². The zero-order valence-corrected chi connectivity index (χ0v) is 9.33. The number of hydrazone groups is 1. The van der Waals surface area contributed by atoms with Gasteiger partial charge in [0.15, 0.2) is 5.76 Å². The second-order valence-corrected chi connectivity index (χ2v) is 3.41. The van der Waals surface area contributed by atoms with Gasteiger partial charge in [0.1, 0.15) is 0 Å². The molecule has 0 spiro atoms. The monoisotopic (exact) mass is 239 g/mol. The van der Waals surface area contributed by atoms with Gasteiger partial charge in [-0.15, -0.1) is 0 Å². The van der Waals surface area contributed by atoms with Crippen molar-refractivity contribution in [2.24, 2.45) is 5.10 Å². The average Bonchev–Trinajstić information content (AvgIpc) is 2.93. The first-order chi connectivity index (χ1) is 8.79. The van der Waals surface area contributed by atoms with Crippen LogP contribution in [0.5, 0.6) is 0 Å². The Bertz CT molecular complexity index is 592. The highest BCUT2D eigenvalue weighted by Crippen LogP contribution is 2.01. The van der Waals surface area contributed by atoms with Crippen LogP contribution in [0.25, 0.3) is 0 Å². The maximum atomic E-state index is 11.4. The molecule has 0 aliphatic rings. The molecule has 18 heavy (non-hydrogen) atoms. The number of hydrogen-bond donors (Lipinski definition) is 1. The Morgan fingerprint density at radius 1 is 1.33 bits per heavy atom. The van der Waals surface area contributed by atoms with Gasteiger partial charge in [-0.05, 0) is 29.8 Å². The lowest BCUT2D eigenvalue weighted by Gasteiger charge is -1.95. The summed E-state index contributed by atoms with van der Waals surface area (Å²) in [7, 11) is 0. The zero-order valence-electron chi connectivity index (χ0n) is 9.33. The molecule has 0 aliphatic carbocycles. The summed E-state index contributed by atoms with van der Waals surface area (Å²) >= 11 is 0. The van der Waals surface area contributed by atoms with Crippen LogP contribution in [0, 0.1) is 11.3 Å². The van der Waals surface area contributed by atoms with Crippen molar-refractivity contribution in [1.29, 1.82) is 5.26 Å². The van der Waals surface area contributed by atoms with Gasteiger partial charge in [-0.1, -0.05) is 12.1 Å². The molecule has 2 aromatic rings. The first-order valence-electron chi connectivity index (χ1n) is 5.16. The Balaban J connectivity index is 1.95. The van der Waals surface area contributed by atoms with Crippen molar-refractivity contribution >= 4 is 12.1 Å². The molecule has 1 aromatic carbocycles. The smallest absolute Gasteiger partial charge is 0.307 e. The molecule has 5 heteroatoms. The minimum absolute atomic E-state index is 0.201. The van der Waals surface area contributed by atoms with E-state index in [-0.39, 0.29) is 5.76 Å². The van der Waals surface area contributed by atoms with Crippen LogP contribution in [0.2, 0.25) is 0 Å². The van der Waals surface area contributed by atoms with Gasteiger partial charge in [0.2, 0.25) is 0 Å². The van der Waals surface area contributed by atoms with Gasteiger partial charge >= 0.3 is 5.91 Å². The van der Waals surface area contributed by atoms with Gasteiger partial charge in [-0.3, -0.25) is 4.79 Å². The van der Waals surface area contributed by atoms with Gasteiger partial charge in [-0.2, -0.15) is 10.4 Å². The van der Waals surface area contributed by atoms with Gasteiger partial charge in [0.25, 0.3) is 0 Å². The number of carbonyl (C=O) groups excluding carboxylic acids is 1. The van der Waals surface area contributed by atoms with Crippen LogP contribution in [0.4, 0.5) is 0 Å². The van der Waals surface area contributed by atoms with Gasteiger partial charge in [0.05, 0.1) is 24.1 Å². The van der Waals surface area contributed by atoms with E-state index < -0.39 is 5.91 Å². The molecule has 0 fully saturated rings.